The fourth-order valence-electron chi connectivity index (χ4n) is 0. The van der Waals surface area contributed by atoms with Gasteiger partial charge in [-0.3, -0.25) is 0 Å². The molecule has 0 bridgehead atoms. The van der Waals surface area contributed by atoms with Gasteiger partial charge in [-0.2, -0.15) is 0 Å². The molecule has 0 aromatic rings. The highest BCUT2D eigenvalue weighted by molar-refractivity contribution is 6.69. The van der Waals surface area contributed by atoms with Crippen molar-refractivity contribution in [1.29, 1.82) is 0 Å². The van der Waals surface area contributed by atoms with Crippen LogP contribution < -0.4 is 10.8 Å². The molecule has 0 rings (SSSR count). The van der Waals surface area contributed by atoms with Crippen LogP contribution in [0, 0.1) is 0 Å². The lowest BCUT2D eigenvalue weighted by molar-refractivity contribution is 0.615. The third kappa shape index (κ3) is 2.75. The number of hydrogen-bond acceptors (Lipinski definition) is 3. The van der Waals surface area contributed by atoms with Gasteiger partial charge in [0.05, 0.1) is 0 Å². The smallest absolute Gasteiger partial charge is 0.275 e. The minimum atomic E-state index is -1.90. The molecule has 0 atom stereocenters. The van der Waals surface area contributed by atoms with Crippen LogP contribution in [0.3, 0.4) is 0 Å². The normalized spacial score (nSPS) is 12.9. The Morgan fingerprint density at radius 3 is 1.43 bits per heavy atom. The van der Waals surface area contributed by atoms with E-state index in [0.29, 0.717) is 0 Å². The van der Waals surface area contributed by atoms with Crippen LogP contribution >= 0.6 is 0 Å². The molecule has 4 heteroatoms. The fraction of sp³-hybridized carbons (Fsp3) is 1.00. The minimum absolute atomic E-state index is 1.88. The Kier molecular flexibility index (Phi) is 1.94. The Hall–Kier alpha value is 0.0969. The van der Waals surface area contributed by atoms with Crippen molar-refractivity contribution >= 4 is 8.56 Å². The molecule has 0 radical (unpaired) electrons. The van der Waals surface area contributed by atoms with Gasteiger partial charge in [0, 0.05) is 0 Å². The number of nitrogens with two attached hydrogens (primary N) is 2. The molecule has 0 aromatic heterocycles. The van der Waals surface area contributed by atoms with E-state index in [-0.39, 0.29) is 0 Å². The van der Waals surface area contributed by atoms with Gasteiger partial charge < -0.3 is 15.4 Å². The van der Waals surface area contributed by atoms with Gasteiger partial charge >= 0.3 is 0 Å². The summed E-state index contributed by atoms with van der Waals surface area (Å²) >= 11 is 0. The van der Waals surface area contributed by atoms with Gasteiger partial charge in [-0.25, -0.2) is 0 Å². The summed E-state index contributed by atoms with van der Waals surface area (Å²) in [5, 5.41) is 11.0. The molecule has 0 amide bonds. The summed E-state index contributed by atoms with van der Waals surface area (Å²) in [6, 6.07) is 0. The second-order valence-corrected chi connectivity index (χ2v) is 5.47. The molecular weight excluding hydrogens is 106 g/mol. The van der Waals surface area contributed by atoms with Gasteiger partial charge in [0.25, 0.3) is 8.56 Å². The fourth-order valence-corrected chi connectivity index (χ4v) is 0. The molecule has 3 nitrogen and oxygen atoms in total. The van der Waals surface area contributed by atoms with Crippen molar-refractivity contribution in [1.82, 2.24) is 4.57 Å². The van der Waals surface area contributed by atoms with Gasteiger partial charge in [-0.1, -0.05) is 0 Å². The summed E-state index contributed by atoms with van der Waals surface area (Å²) in [5.41, 5.74) is 0. The Bertz CT molecular complexity index is 55.7. The molecular formula is C3H13N3Si. The molecule has 0 saturated carbocycles. The van der Waals surface area contributed by atoms with Crippen molar-refractivity contribution < 1.29 is 0 Å². The lowest BCUT2D eigenvalue weighted by Gasteiger charge is -2.22. The highest BCUT2D eigenvalue weighted by atomic mass is 28.4. The third-order valence-corrected chi connectivity index (χ3v) is 2.89. The molecule has 0 spiro atoms. The third-order valence-electron chi connectivity index (χ3n) is 0.964. The largest absolute Gasteiger partial charge is 0.327 e. The maximum atomic E-state index is 5.52. The molecule has 0 aliphatic rings. The Labute approximate surface area is 45.5 Å². The first-order chi connectivity index (χ1) is 2.94. The topological polar surface area (TPSA) is 55.3 Å². The van der Waals surface area contributed by atoms with Crippen molar-refractivity contribution in [2.45, 2.75) is 6.55 Å². The van der Waals surface area contributed by atoms with Crippen molar-refractivity contribution in [2.75, 3.05) is 14.1 Å². The average molecular weight is 119 g/mol. The quantitative estimate of drug-likeness (QED) is 0.437. The molecule has 0 aromatic carbocycles. The second kappa shape index (κ2) is 1.91. The zero-order valence-electron chi connectivity index (χ0n) is 5.10. The average Bonchev–Trinajstić information content (AvgIpc) is 1.31. The van der Waals surface area contributed by atoms with Crippen LogP contribution in [0.25, 0.3) is 0 Å². The molecule has 4 N–H and O–H groups in total. The predicted octanol–water partition coefficient (Wildman–Crippen LogP) is -0.966. The van der Waals surface area contributed by atoms with Gasteiger partial charge in [-0.15, -0.1) is 0 Å². The molecule has 7 heavy (non-hydrogen) atoms. The van der Waals surface area contributed by atoms with Crippen LogP contribution in [0.15, 0.2) is 0 Å². The van der Waals surface area contributed by atoms with Gasteiger partial charge in [0.1, 0.15) is 0 Å². The SMILES string of the molecule is CN(C)[Si](C)(N)N. The zero-order chi connectivity index (χ0) is 6.08. The second-order valence-electron chi connectivity index (χ2n) is 2.12. The van der Waals surface area contributed by atoms with Crippen LogP contribution in [-0.4, -0.2) is 27.2 Å². The van der Waals surface area contributed by atoms with Gasteiger partial charge in [0.2, 0.25) is 0 Å². The summed E-state index contributed by atoms with van der Waals surface area (Å²) in [6.45, 7) is 1.88. The van der Waals surface area contributed by atoms with E-state index in [4.69, 9.17) is 10.8 Å². The molecule has 0 heterocycles. The highest BCUT2D eigenvalue weighted by Gasteiger charge is 2.17. The van der Waals surface area contributed by atoms with Gasteiger partial charge in [0.15, 0.2) is 0 Å². The molecule has 0 unspecified atom stereocenters. The number of rotatable bonds is 1. The van der Waals surface area contributed by atoms with E-state index >= 15 is 0 Å². The van der Waals surface area contributed by atoms with E-state index in [2.05, 4.69) is 0 Å². The van der Waals surface area contributed by atoms with Crippen molar-refractivity contribution in [2.24, 2.45) is 10.8 Å². The maximum absolute atomic E-state index is 5.52. The molecule has 0 aliphatic carbocycles. The summed E-state index contributed by atoms with van der Waals surface area (Å²) < 4.78 is 1.88. The molecule has 0 saturated heterocycles. The number of hydrogen-bond donors (Lipinski definition) is 2. The van der Waals surface area contributed by atoms with E-state index < -0.39 is 8.56 Å². The minimum Gasteiger partial charge on any atom is -0.327 e. The molecule has 0 aliphatic heterocycles. The monoisotopic (exact) mass is 119 g/mol. The van der Waals surface area contributed by atoms with Crippen molar-refractivity contribution in [3.63, 3.8) is 0 Å². The van der Waals surface area contributed by atoms with Crippen LogP contribution in [0.4, 0.5) is 0 Å². The highest BCUT2D eigenvalue weighted by Crippen LogP contribution is 1.82. The van der Waals surface area contributed by atoms with Crippen LogP contribution in [0.5, 0.6) is 0 Å². The van der Waals surface area contributed by atoms with Crippen LogP contribution in [0.2, 0.25) is 6.55 Å². The van der Waals surface area contributed by atoms with E-state index in [1.807, 2.05) is 25.2 Å². The van der Waals surface area contributed by atoms with E-state index in [1.54, 1.807) is 0 Å². The summed E-state index contributed by atoms with van der Waals surface area (Å²) in [7, 11) is 1.89. The Morgan fingerprint density at radius 1 is 1.29 bits per heavy atom. The maximum Gasteiger partial charge on any atom is 0.275 e. The van der Waals surface area contributed by atoms with E-state index in [0.717, 1.165) is 0 Å². The zero-order valence-corrected chi connectivity index (χ0v) is 6.10. The standard InChI is InChI=1S/C3H13N3Si/c1-6(2)7(3,4)5/h4-5H2,1-3H3. The number of nitrogens with zero attached hydrogens (tertiary/aromatic N) is 1. The molecule has 0 fully saturated rings. The first-order valence-corrected chi connectivity index (χ1v) is 4.80. The van der Waals surface area contributed by atoms with E-state index in [9.17, 15) is 0 Å². The predicted molar refractivity (Wildman–Crippen MR) is 33.7 cm³/mol. The first-order valence-electron chi connectivity index (χ1n) is 2.20. The van der Waals surface area contributed by atoms with Gasteiger partial charge in [-0.05, 0) is 20.6 Å². The lowest BCUT2D eigenvalue weighted by Crippen LogP contribution is -2.64. The summed E-state index contributed by atoms with van der Waals surface area (Å²) in [6.07, 6.45) is 0. The first kappa shape index (κ1) is 7.10. The van der Waals surface area contributed by atoms with Crippen molar-refractivity contribution in [3.8, 4) is 0 Å². The van der Waals surface area contributed by atoms with Crippen LogP contribution in [0.1, 0.15) is 0 Å². The Morgan fingerprint density at radius 2 is 1.43 bits per heavy atom. The van der Waals surface area contributed by atoms with Crippen molar-refractivity contribution in [3.05, 3.63) is 0 Å². The Balaban J connectivity index is 3.54. The summed E-state index contributed by atoms with van der Waals surface area (Å²) in [4.78, 5) is 0. The molecule has 44 valence electrons. The summed E-state index contributed by atoms with van der Waals surface area (Å²) in [5.74, 6) is 0. The lowest BCUT2D eigenvalue weighted by atomic mass is 11.3. The van der Waals surface area contributed by atoms with Crippen LogP contribution in [-0.2, 0) is 0 Å². The van der Waals surface area contributed by atoms with E-state index in [1.165, 1.54) is 0 Å².